The summed E-state index contributed by atoms with van der Waals surface area (Å²) in [5.74, 6) is 1.44. The van der Waals surface area contributed by atoms with Crippen molar-refractivity contribution in [1.82, 2.24) is 19.6 Å². The van der Waals surface area contributed by atoms with Gasteiger partial charge in [0.05, 0.1) is 0 Å². The lowest BCUT2D eigenvalue weighted by atomic mass is 9.83. The van der Waals surface area contributed by atoms with Crippen LogP contribution in [0.15, 0.2) is 48.5 Å². The fourth-order valence-electron chi connectivity index (χ4n) is 11.4. The SMILES string of the molecule is NC(=O)N(CCCN(C(N)=O)C1CCC(CCN2[C@@H]3CC[C@H]2c2ccccc23)CC1)C1CCC(CCN2[C@@H]3CC[C@H]2c2ccccc23)CC1. The lowest BCUT2D eigenvalue weighted by molar-refractivity contribution is 0.122. The number of benzene rings is 2. The Bertz CT molecular complexity index is 1310. The summed E-state index contributed by atoms with van der Waals surface area (Å²) in [4.78, 5) is 34.5. The Hall–Kier alpha value is -3.10. The molecule has 8 nitrogen and oxygen atoms in total. The zero-order valence-electron chi connectivity index (χ0n) is 29.4. The molecule has 8 heteroatoms. The van der Waals surface area contributed by atoms with Gasteiger partial charge in [-0.1, -0.05) is 48.5 Å². The molecule has 4 bridgehead atoms. The van der Waals surface area contributed by atoms with E-state index < -0.39 is 0 Å². The number of nitrogens with two attached hydrogens (primary N) is 2. The molecule has 4 atom stereocenters. The third-order valence-corrected chi connectivity index (χ3v) is 13.9. The molecule has 2 aliphatic carbocycles. The van der Waals surface area contributed by atoms with Crippen molar-refractivity contribution in [3.8, 4) is 0 Å². The number of primary amides is 2. The van der Waals surface area contributed by atoms with Gasteiger partial charge in [0.1, 0.15) is 0 Å². The van der Waals surface area contributed by atoms with E-state index in [1.54, 1.807) is 22.3 Å². The standard InChI is InChI=1S/C41H58N6O2/c42-40(48)44(30-14-10-28(11-15-30)22-26-46-36-18-19-37(46)33-7-2-1-6-32(33)36)24-5-25-45(41(43)49)31-16-12-29(13-17-31)23-27-47-38-20-21-39(47)35-9-4-3-8-34(35)38/h1-4,6-9,28-31,36-39H,5,10-27H2,(H2,42,48)(H2,43,49)/t28?,29?,30?,31?,36-,37+,38-,39+. The summed E-state index contributed by atoms with van der Waals surface area (Å²) in [6.45, 7) is 3.55. The molecule has 264 valence electrons. The van der Waals surface area contributed by atoms with E-state index in [1.165, 1.54) is 51.6 Å². The van der Waals surface area contributed by atoms with E-state index in [-0.39, 0.29) is 24.1 Å². The van der Waals surface area contributed by atoms with Crippen molar-refractivity contribution < 1.29 is 9.59 Å². The van der Waals surface area contributed by atoms with Crippen LogP contribution in [0.3, 0.4) is 0 Å². The van der Waals surface area contributed by atoms with Gasteiger partial charge < -0.3 is 21.3 Å². The van der Waals surface area contributed by atoms with Crippen LogP contribution in [0.25, 0.3) is 0 Å². The molecule has 2 aromatic carbocycles. The maximum absolute atomic E-state index is 12.6. The highest BCUT2D eigenvalue weighted by atomic mass is 16.2. The van der Waals surface area contributed by atoms with Gasteiger partial charge in [-0.15, -0.1) is 0 Å². The second kappa shape index (κ2) is 14.3. The summed E-state index contributed by atoms with van der Waals surface area (Å²) in [5, 5.41) is 0. The first kappa shape index (κ1) is 33.1. The minimum atomic E-state index is -0.324. The zero-order valence-corrected chi connectivity index (χ0v) is 29.4. The number of amides is 4. The van der Waals surface area contributed by atoms with Crippen molar-refractivity contribution in [2.75, 3.05) is 26.2 Å². The molecule has 6 aliphatic rings. The first-order valence-corrected chi connectivity index (χ1v) is 19.8. The van der Waals surface area contributed by atoms with E-state index in [9.17, 15) is 9.59 Å². The molecule has 2 saturated heterocycles. The lowest BCUT2D eigenvalue weighted by Crippen LogP contribution is -2.49. The molecule has 0 unspecified atom stereocenters. The Morgan fingerprint density at radius 2 is 0.857 bits per heavy atom. The first-order chi connectivity index (χ1) is 24.0. The minimum absolute atomic E-state index is 0.206. The van der Waals surface area contributed by atoms with Crippen LogP contribution in [0.4, 0.5) is 9.59 Å². The molecule has 0 spiro atoms. The zero-order chi connectivity index (χ0) is 33.5. The maximum Gasteiger partial charge on any atom is 0.315 e. The van der Waals surface area contributed by atoms with Gasteiger partial charge in [-0.2, -0.15) is 0 Å². The second-order valence-electron chi connectivity index (χ2n) is 16.3. The van der Waals surface area contributed by atoms with Crippen LogP contribution in [0.1, 0.15) is 143 Å². The Labute approximate surface area is 293 Å². The third-order valence-electron chi connectivity index (χ3n) is 13.9. The number of nitrogens with zero attached hydrogens (tertiary/aromatic N) is 4. The summed E-state index contributed by atoms with van der Waals surface area (Å²) in [7, 11) is 0. The van der Waals surface area contributed by atoms with Gasteiger partial charge in [-0.25, -0.2) is 9.59 Å². The van der Waals surface area contributed by atoms with Crippen LogP contribution in [-0.2, 0) is 0 Å². The summed E-state index contributed by atoms with van der Waals surface area (Å²) >= 11 is 0. The fourth-order valence-corrected chi connectivity index (χ4v) is 11.4. The van der Waals surface area contributed by atoms with Gasteiger partial charge in [-0.05, 0) is 143 Å². The summed E-state index contributed by atoms with van der Waals surface area (Å²) in [5.41, 5.74) is 18.2. The number of hydrogen-bond donors (Lipinski definition) is 2. The summed E-state index contributed by atoms with van der Waals surface area (Å²) in [6.07, 6.45) is 17.1. The van der Waals surface area contributed by atoms with Gasteiger partial charge in [0.15, 0.2) is 0 Å². The first-order valence-electron chi connectivity index (χ1n) is 19.8. The van der Waals surface area contributed by atoms with E-state index in [0.717, 1.165) is 69.6 Å². The van der Waals surface area contributed by atoms with Crippen LogP contribution < -0.4 is 11.5 Å². The van der Waals surface area contributed by atoms with E-state index in [1.807, 2.05) is 9.80 Å². The van der Waals surface area contributed by atoms with Gasteiger partial charge in [-0.3, -0.25) is 9.80 Å². The van der Waals surface area contributed by atoms with Gasteiger partial charge in [0, 0.05) is 49.3 Å². The molecule has 49 heavy (non-hydrogen) atoms. The molecule has 8 rings (SSSR count). The molecule has 0 aromatic heterocycles. The van der Waals surface area contributed by atoms with Gasteiger partial charge in [0.2, 0.25) is 0 Å². The highest BCUT2D eigenvalue weighted by Crippen LogP contribution is 2.54. The van der Waals surface area contributed by atoms with Gasteiger partial charge in [0.25, 0.3) is 0 Å². The fraction of sp³-hybridized carbons (Fsp3) is 0.659. The van der Waals surface area contributed by atoms with Crippen LogP contribution >= 0.6 is 0 Å². The summed E-state index contributed by atoms with van der Waals surface area (Å²) in [6, 6.07) is 20.3. The molecule has 4 heterocycles. The predicted molar refractivity (Wildman–Crippen MR) is 194 cm³/mol. The van der Waals surface area contributed by atoms with E-state index in [2.05, 4.69) is 58.3 Å². The number of fused-ring (bicyclic) bond motifs is 10. The molecule has 4 amide bonds. The van der Waals surface area contributed by atoms with Crippen molar-refractivity contribution in [2.45, 2.75) is 133 Å². The van der Waals surface area contributed by atoms with Crippen LogP contribution in [0, 0.1) is 11.8 Å². The molecule has 2 aromatic rings. The predicted octanol–water partition coefficient (Wildman–Crippen LogP) is 7.82. The van der Waals surface area contributed by atoms with Crippen molar-refractivity contribution in [3.63, 3.8) is 0 Å². The second-order valence-corrected chi connectivity index (χ2v) is 16.3. The molecule has 4 fully saturated rings. The molecular formula is C41H58N6O2. The topological polar surface area (TPSA) is 99.1 Å². The third kappa shape index (κ3) is 6.48. The lowest BCUT2D eigenvalue weighted by Gasteiger charge is -2.38. The number of hydrogen-bond acceptors (Lipinski definition) is 4. The highest BCUT2D eigenvalue weighted by molar-refractivity contribution is 5.73. The maximum atomic E-state index is 12.6. The Morgan fingerprint density at radius 3 is 1.16 bits per heavy atom. The Kier molecular flexibility index (Phi) is 9.62. The van der Waals surface area contributed by atoms with Crippen LogP contribution in [-0.4, -0.2) is 69.9 Å². The van der Waals surface area contributed by atoms with Crippen molar-refractivity contribution in [1.29, 1.82) is 0 Å². The molecule has 4 N–H and O–H groups in total. The Morgan fingerprint density at radius 1 is 0.531 bits per heavy atom. The van der Waals surface area contributed by atoms with Crippen molar-refractivity contribution >= 4 is 12.1 Å². The smallest absolute Gasteiger partial charge is 0.315 e. The summed E-state index contributed by atoms with van der Waals surface area (Å²) < 4.78 is 0. The van der Waals surface area contributed by atoms with Crippen molar-refractivity contribution in [3.05, 3.63) is 70.8 Å². The molecule has 2 saturated carbocycles. The van der Waals surface area contributed by atoms with E-state index in [4.69, 9.17) is 11.5 Å². The number of carbonyl (C=O) groups excluding carboxylic acids is 2. The molecule has 4 aliphatic heterocycles. The average molecular weight is 667 g/mol. The van der Waals surface area contributed by atoms with Crippen molar-refractivity contribution in [2.24, 2.45) is 23.3 Å². The number of carbonyl (C=O) groups is 2. The normalized spacial score (nSPS) is 31.8. The van der Waals surface area contributed by atoms with Crippen LogP contribution in [0.2, 0.25) is 0 Å². The minimum Gasteiger partial charge on any atom is -0.351 e. The monoisotopic (exact) mass is 666 g/mol. The largest absolute Gasteiger partial charge is 0.351 e. The molecular weight excluding hydrogens is 608 g/mol. The number of urea groups is 2. The van der Waals surface area contributed by atoms with Crippen LogP contribution in [0.5, 0.6) is 0 Å². The number of rotatable bonds is 12. The quantitative estimate of drug-likeness (QED) is 0.241. The van der Waals surface area contributed by atoms with E-state index in [0.29, 0.717) is 37.3 Å². The average Bonchev–Trinajstić information content (AvgIpc) is 3.88. The Balaban J connectivity index is 0.757. The van der Waals surface area contributed by atoms with E-state index >= 15 is 0 Å². The molecule has 0 radical (unpaired) electrons. The van der Waals surface area contributed by atoms with Gasteiger partial charge >= 0.3 is 12.1 Å². The highest BCUT2D eigenvalue weighted by Gasteiger charge is 2.44.